The highest BCUT2D eigenvalue weighted by molar-refractivity contribution is 9.10. The first-order valence-corrected chi connectivity index (χ1v) is 6.19. The summed E-state index contributed by atoms with van der Waals surface area (Å²) in [6.07, 6.45) is 2.25. The van der Waals surface area contributed by atoms with Gasteiger partial charge in [0.2, 0.25) is 5.91 Å². The van der Waals surface area contributed by atoms with Gasteiger partial charge in [0.1, 0.15) is 0 Å². The summed E-state index contributed by atoms with van der Waals surface area (Å²) in [6.45, 7) is 0.748. The van der Waals surface area contributed by atoms with Gasteiger partial charge >= 0.3 is 0 Å². The van der Waals surface area contributed by atoms with Gasteiger partial charge in [0.25, 0.3) is 0 Å². The Hall–Kier alpha value is -0.870. The molecule has 16 heavy (non-hydrogen) atoms. The van der Waals surface area contributed by atoms with Crippen LogP contribution in [0.2, 0.25) is 0 Å². The van der Waals surface area contributed by atoms with Gasteiger partial charge < -0.3 is 11.1 Å². The number of rotatable bonds is 4. The van der Waals surface area contributed by atoms with Gasteiger partial charge in [0.05, 0.1) is 6.54 Å². The first kappa shape index (κ1) is 11.6. The Kier molecular flexibility index (Phi) is 3.30. The highest BCUT2D eigenvalue weighted by atomic mass is 79.9. The molecule has 0 heterocycles. The Labute approximate surface area is 104 Å². The molecular formula is C12H15BrN2O. The van der Waals surface area contributed by atoms with Crippen LogP contribution in [0.5, 0.6) is 0 Å². The summed E-state index contributed by atoms with van der Waals surface area (Å²) in [6, 6.07) is 8.19. The molecule has 4 heteroatoms. The van der Waals surface area contributed by atoms with Crippen molar-refractivity contribution in [2.45, 2.75) is 18.3 Å². The molecule has 3 N–H and O–H groups in total. The fraction of sp³-hybridized carbons (Fsp3) is 0.417. The van der Waals surface area contributed by atoms with Crippen LogP contribution in [-0.4, -0.2) is 19.0 Å². The maximum Gasteiger partial charge on any atom is 0.233 e. The van der Waals surface area contributed by atoms with Gasteiger partial charge in [-0.15, -0.1) is 0 Å². The quantitative estimate of drug-likeness (QED) is 0.881. The van der Waals surface area contributed by atoms with Gasteiger partial charge in [-0.1, -0.05) is 34.1 Å². The van der Waals surface area contributed by atoms with Crippen molar-refractivity contribution in [3.63, 3.8) is 0 Å². The first-order chi connectivity index (χ1) is 7.68. The Bertz CT molecular complexity index is 402. The zero-order valence-corrected chi connectivity index (χ0v) is 10.6. The van der Waals surface area contributed by atoms with E-state index < -0.39 is 0 Å². The standard InChI is InChI=1S/C12H15BrN2O/c13-10-4-2-1-3-9(10)12(5-6-12)8-15-11(16)7-14/h1-4H,5-8,14H2,(H,15,16). The first-order valence-electron chi connectivity index (χ1n) is 5.40. The molecule has 0 aliphatic heterocycles. The van der Waals surface area contributed by atoms with Crippen molar-refractivity contribution in [3.05, 3.63) is 34.3 Å². The van der Waals surface area contributed by atoms with E-state index in [9.17, 15) is 4.79 Å². The predicted octanol–water partition coefficient (Wildman–Crippen LogP) is 1.56. The molecular weight excluding hydrogens is 268 g/mol. The third kappa shape index (κ3) is 2.28. The second-order valence-electron chi connectivity index (χ2n) is 4.24. The summed E-state index contributed by atoms with van der Waals surface area (Å²) < 4.78 is 1.12. The van der Waals surface area contributed by atoms with Crippen LogP contribution in [0.25, 0.3) is 0 Å². The SMILES string of the molecule is NCC(=O)NCC1(c2ccccc2Br)CC1. The summed E-state index contributed by atoms with van der Waals surface area (Å²) in [5, 5.41) is 2.88. The molecule has 1 aliphatic carbocycles. The molecule has 1 aromatic carbocycles. The molecule has 0 saturated heterocycles. The molecule has 0 atom stereocenters. The van der Waals surface area contributed by atoms with Crippen LogP contribution in [0.1, 0.15) is 18.4 Å². The highest BCUT2D eigenvalue weighted by Gasteiger charge is 2.45. The Morgan fingerprint density at radius 1 is 1.44 bits per heavy atom. The lowest BCUT2D eigenvalue weighted by Gasteiger charge is -2.17. The van der Waals surface area contributed by atoms with Gasteiger partial charge in [-0.2, -0.15) is 0 Å². The van der Waals surface area contributed by atoms with Crippen LogP contribution in [0.3, 0.4) is 0 Å². The summed E-state index contributed by atoms with van der Waals surface area (Å²) in [7, 11) is 0. The number of carbonyl (C=O) groups excluding carboxylic acids is 1. The molecule has 0 bridgehead atoms. The van der Waals surface area contributed by atoms with E-state index in [0.717, 1.165) is 17.3 Å². The largest absolute Gasteiger partial charge is 0.354 e. The van der Waals surface area contributed by atoms with Gasteiger partial charge in [-0.05, 0) is 24.5 Å². The minimum Gasteiger partial charge on any atom is -0.354 e. The third-order valence-electron chi connectivity index (χ3n) is 3.11. The van der Waals surface area contributed by atoms with Crippen molar-refractivity contribution in [2.24, 2.45) is 5.73 Å². The summed E-state index contributed by atoms with van der Waals surface area (Å²) in [5.74, 6) is -0.0849. The van der Waals surface area contributed by atoms with E-state index in [4.69, 9.17) is 5.73 Å². The zero-order valence-electron chi connectivity index (χ0n) is 9.00. The number of benzene rings is 1. The van der Waals surface area contributed by atoms with Crippen LogP contribution in [0.15, 0.2) is 28.7 Å². The molecule has 1 fully saturated rings. The normalized spacial score (nSPS) is 16.9. The number of nitrogens with two attached hydrogens (primary N) is 1. The molecule has 1 amide bonds. The summed E-state index contributed by atoms with van der Waals surface area (Å²) in [5.41, 5.74) is 6.68. The predicted molar refractivity (Wildman–Crippen MR) is 67.1 cm³/mol. The molecule has 0 radical (unpaired) electrons. The lowest BCUT2D eigenvalue weighted by molar-refractivity contribution is -0.119. The van der Waals surface area contributed by atoms with Crippen LogP contribution in [0, 0.1) is 0 Å². The average Bonchev–Trinajstić information content (AvgIpc) is 3.07. The molecule has 3 nitrogen and oxygen atoms in total. The van der Waals surface area contributed by atoms with E-state index in [-0.39, 0.29) is 17.9 Å². The molecule has 1 aromatic rings. The van der Waals surface area contributed by atoms with Crippen LogP contribution < -0.4 is 11.1 Å². The van der Waals surface area contributed by atoms with Gasteiger partial charge in [0.15, 0.2) is 0 Å². The van der Waals surface area contributed by atoms with Gasteiger partial charge in [-0.3, -0.25) is 4.79 Å². The number of nitrogens with one attached hydrogen (secondary N) is 1. The van der Waals surface area contributed by atoms with Crippen molar-refractivity contribution >= 4 is 21.8 Å². The van der Waals surface area contributed by atoms with E-state index in [1.54, 1.807) is 0 Å². The van der Waals surface area contributed by atoms with E-state index >= 15 is 0 Å². The van der Waals surface area contributed by atoms with Gasteiger partial charge in [0, 0.05) is 16.4 Å². The van der Waals surface area contributed by atoms with E-state index in [2.05, 4.69) is 27.3 Å². The van der Waals surface area contributed by atoms with Crippen molar-refractivity contribution in [1.29, 1.82) is 0 Å². The van der Waals surface area contributed by atoms with Crippen molar-refractivity contribution in [2.75, 3.05) is 13.1 Å². The van der Waals surface area contributed by atoms with Crippen LogP contribution in [0.4, 0.5) is 0 Å². The lowest BCUT2D eigenvalue weighted by atomic mass is 9.96. The Balaban J connectivity index is 2.09. The monoisotopic (exact) mass is 282 g/mol. The maximum atomic E-state index is 11.2. The summed E-state index contributed by atoms with van der Waals surface area (Å²) >= 11 is 3.56. The lowest BCUT2D eigenvalue weighted by Crippen LogP contribution is -2.36. The van der Waals surface area contributed by atoms with Crippen molar-refractivity contribution < 1.29 is 4.79 Å². The van der Waals surface area contributed by atoms with E-state index in [1.165, 1.54) is 5.56 Å². The number of hydrogen-bond donors (Lipinski definition) is 2. The maximum absolute atomic E-state index is 11.2. The molecule has 1 saturated carbocycles. The molecule has 0 unspecified atom stereocenters. The second kappa shape index (κ2) is 4.55. The minimum absolute atomic E-state index is 0.0615. The van der Waals surface area contributed by atoms with Gasteiger partial charge in [-0.25, -0.2) is 0 Å². The number of carbonyl (C=O) groups is 1. The highest BCUT2D eigenvalue weighted by Crippen LogP contribution is 2.49. The van der Waals surface area contributed by atoms with Crippen molar-refractivity contribution in [3.8, 4) is 0 Å². The van der Waals surface area contributed by atoms with Crippen molar-refractivity contribution in [1.82, 2.24) is 5.32 Å². The molecule has 0 aromatic heterocycles. The number of hydrogen-bond acceptors (Lipinski definition) is 2. The minimum atomic E-state index is -0.0849. The fourth-order valence-electron chi connectivity index (χ4n) is 1.92. The smallest absolute Gasteiger partial charge is 0.233 e. The average molecular weight is 283 g/mol. The molecule has 0 spiro atoms. The Morgan fingerprint density at radius 2 is 2.12 bits per heavy atom. The van der Waals surface area contributed by atoms with E-state index in [0.29, 0.717) is 6.54 Å². The number of halogens is 1. The van der Waals surface area contributed by atoms with Crippen LogP contribution in [-0.2, 0) is 10.2 Å². The fourth-order valence-corrected chi connectivity index (χ4v) is 2.63. The topological polar surface area (TPSA) is 55.1 Å². The molecule has 86 valence electrons. The zero-order chi connectivity index (χ0) is 11.6. The second-order valence-corrected chi connectivity index (χ2v) is 5.10. The molecule has 1 aliphatic rings. The Morgan fingerprint density at radius 3 is 2.69 bits per heavy atom. The number of amides is 1. The molecule has 2 rings (SSSR count). The van der Waals surface area contributed by atoms with Crippen LogP contribution >= 0.6 is 15.9 Å². The van der Waals surface area contributed by atoms with E-state index in [1.807, 2.05) is 18.2 Å². The summed E-state index contributed by atoms with van der Waals surface area (Å²) in [4.78, 5) is 11.2. The third-order valence-corrected chi connectivity index (χ3v) is 3.80.